The van der Waals surface area contributed by atoms with Gasteiger partial charge in [-0.05, 0) is 91.3 Å². The maximum atomic E-state index is 12.4. The summed E-state index contributed by atoms with van der Waals surface area (Å²) in [6.45, 7) is 1.97. The Morgan fingerprint density at radius 3 is 1.39 bits per heavy atom. The first kappa shape index (κ1) is 30.4. The average molecular weight is 604 g/mol. The number of nitrogens with zero attached hydrogens (tertiary/aromatic N) is 7. The molecule has 5 aromatic rings. The number of azo groups is 3. The van der Waals surface area contributed by atoms with Crippen molar-refractivity contribution >= 4 is 60.4 Å². The van der Waals surface area contributed by atoms with Gasteiger partial charge >= 0.3 is 0 Å². The summed E-state index contributed by atoms with van der Waals surface area (Å²) < 4.78 is 24.7. The Morgan fingerprint density at radius 1 is 0.545 bits per heavy atom. The van der Waals surface area contributed by atoms with E-state index in [0.29, 0.717) is 28.4 Å². The standard InChI is InChI=1S/C34H33N7O2S/c1-4-5-24-44(42,43)30-20-16-28(17-21-30)36-35-25-10-12-26(13-11-25)37-39-33-22-23-34(32-9-7-6-8-31(32)33)40-38-27-14-18-29(19-15-27)41(2)3/h6-23H,4-5,24H2,1-3H3. The fraction of sp³-hybridized carbons (Fsp3) is 0.176. The number of hydrogen-bond donors (Lipinski definition) is 0. The van der Waals surface area contributed by atoms with Crippen molar-refractivity contribution in [1.29, 1.82) is 0 Å². The van der Waals surface area contributed by atoms with Crippen LogP contribution in [0.25, 0.3) is 10.8 Å². The molecule has 0 bridgehead atoms. The Balaban J connectivity index is 1.27. The summed E-state index contributed by atoms with van der Waals surface area (Å²) in [6.07, 6.45) is 1.47. The van der Waals surface area contributed by atoms with Crippen LogP contribution in [0, 0.1) is 0 Å². The van der Waals surface area contributed by atoms with Crippen LogP contribution in [0.3, 0.4) is 0 Å². The Bertz CT molecular complexity index is 1920. The molecule has 0 saturated heterocycles. The fourth-order valence-electron chi connectivity index (χ4n) is 4.36. The van der Waals surface area contributed by atoms with Crippen molar-refractivity contribution in [3.63, 3.8) is 0 Å². The lowest BCUT2D eigenvalue weighted by molar-refractivity contribution is 0.592. The summed E-state index contributed by atoms with van der Waals surface area (Å²) in [5.74, 6) is 0.147. The number of sulfone groups is 1. The predicted octanol–water partition coefficient (Wildman–Crippen LogP) is 10.7. The Hall–Kier alpha value is -5.09. The van der Waals surface area contributed by atoms with Crippen LogP contribution in [0.1, 0.15) is 19.8 Å². The first-order valence-corrected chi connectivity index (χ1v) is 15.9. The molecule has 222 valence electrons. The van der Waals surface area contributed by atoms with Crippen LogP contribution in [0.15, 0.2) is 145 Å². The number of rotatable bonds is 11. The summed E-state index contributed by atoms with van der Waals surface area (Å²) in [7, 11) is 0.729. The van der Waals surface area contributed by atoms with Crippen LogP contribution in [0.2, 0.25) is 0 Å². The van der Waals surface area contributed by atoms with Crippen molar-refractivity contribution in [2.75, 3.05) is 24.7 Å². The molecule has 0 aliphatic heterocycles. The van der Waals surface area contributed by atoms with Crippen molar-refractivity contribution in [2.24, 2.45) is 30.7 Å². The molecule has 0 radical (unpaired) electrons. The van der Waals surface area contributed by atoms with Gasteiger partial charge in [0, 0.05) is 30.6 Å². The second kappa shape index (κ2) is 13.9. The van der Waals surface area contributed by atoms with Crippen LogP contribution in [0.5, 0.6) is 0 Å². The maximum absolute atomic E-state index is 12.4. The number of unbranched alkanes of at least 4 members (excludes halogenated alkanes) is 1. The molecule has 0 unspecified atom stereocenters. The highest BCUT2D eigenvalue weighted by atomic mass is 32.2. The number of benzene rings is 5. The normalized spacial score (nSPS) is 12.2. The van der Waals surface area contributed by atoms with E-state index < -0.39 is 9.84 Å². The van der Waals surface area contributed by atoms with Crippen LogP contribution >= 0.6 is 0 Å². The Labute approximate surface area is 257 Å². The van der Waals surface area contributed by atoms with E-state index >= 15 is 0 Å². The summed E-state index contributed by atoms with van der Waals surface area (Å²) in [5.41, 5.74) is 5.22. The van der Waals surface area contributed by atoms with E-state index in [1.165, 1.54) is 0 Å². The van der Waals surface area contributed by atoms with E-state index in [2.05, 4.69) is 30.7 Å². The third-order valence-electron chi connectivity index (χ3n) is 6.88. The summed E-state index contributed by atoms with van der Waals surface area (Å²) >= 11 is 0. The largest absolute Gasteiger partial charge is 0.378 e. The minimum absolute atomic E-state index is 0.147. The van der Waals surface area contributed by atoms with Crippen LogP contribution in [-0.4, -0.2) is 28.3 Å². The third kappa shape index (κ3) is 7.64. The van der Waals surface area contributed by atoms with Crippen LogP contribution < -0.4 is 4.90 Å². The molecule has 0 fully saturated rings. The molecule has 0 N–H and O–H groups in total. The highest BCUT2D eigenvalue weighted by Crippen LogP contribution is 2.35. The van der Waals surface area contributed by atoms with Gasteiger partial charge in [0.05, 0.1) is 44.8 Å². The number of anilines is 1. The molecule has 5 aromatic carbocycles. The number of hydrogen-bond acceptors (Lipinski definition) is 9. The lowest BCUT2D eigenvalue weighted by Gasteiger charge is -2.11. The van der Waals surface area contributed by atoms with E-state index in [4.69, 9.17) is 0 Å². The van der Waals surface area contributed by atoms with Crippen LogP contribution in [0.4, 0.5) is 39.8 Å². The maximum Gasteiger partial charge on any atom is 0.178 e. The molecule has 0 spiro atoms. The van der Waals surface area contributed by atoms with Crippen molar-refractivity contribution < 1.29 is 8.42 Å². The second-order valence-electron chi connectivity index (χ2n) is 10.3. The molecule has 10 heteroatoms. The van der Waals surface area contributed by atoms with Gasteiger partial charge in [-0.15, -0.1) is 10.2 Å². The number of fused-ring (bicyclic) bond motifs is 1. The van der Waals surface area contributed by atoms with E-state index in [-0.39, 0.29) is 5.75 Å². The quantitative estimate of drug-likeness (QED) is 0.140. The van der Waals surface area contributed by atoms with Gasteiger partial charge in [-0.1, -0.05) is 37.6 Å². The van der Waals surface area contributed by atoms with Crippen molar-refractivity contribution in [1.82, 2.24) is 0 Å². The lowest BCUT2D eigenvalue weighted by Crippen LogP contribution is -2.07. The van der Waals surface area contributed by atoms with E-state index in [1.54, 1.807) is 36.4 Å². The summed E-state index contributed by atoms with van der Waals surface area (Å²) in [4.78, 5) is 2.34. The zero-order valence-electron chi connectivity index (χ0n) is 24.9. The molecule has 0 saturated carbocycles. The molecule has 0 heterocycles. The topological polar surface area (TPSA) is 112 Å². The Kier molecular flexibility index (Phi) is 9.61. The monoisotopic (exact) mass is 603 g/mol. The van der Waals surface area contributed by atoms with Gasteiger partial charge in [0.15, 0.2) is 9.84 Å². The molecule has 0 atom stereocenters. The highest BCUT2D eigenvalue weighted by molar-refractivity contribution is 7.91. The smallest absolute Gasteiger partial charge is 0.178 e. The molecule has 0 aromatic heterocycles. The SMILES string of the molecule is CCCCS(=O)(=O)c1ccc(N=Nc2ccc(N=Nc3ccc(N=Nc4ccc(N(C)C)cc4)c4ccccc34)cc2)cc1. The van der Waals surface area contributed by atoms with Crippen molar-refractivity contribution in [2.45, 2.75) is 24.7 Å². The molecule has 5 rings (SSSR count). The van der Waals surface area contributed by atoms with Gasteiger partial charge in [0.2, 0.25) is 0 Å². The third-order valence-corrected chi connectivity index (χ3v) is 8.70. The van der Waals surface area contributed by atoms with Crippen molar-refractivity contribution in [3.8, 4) is 0 Å². The first-order chi connectivity index (χ1) is 21.3. The second-order valence-corrected chi connectivity index (χ2v) is 12.5. The van der Waals surface area contributed by atoms with E-state index in [1.807, 2.05) is 98.7 Å². The predicted molar refractivity (Wildman–Crippen MR) is 177 cm³/mol. The van der Waals surface area contributed by atoms with Gasteiger partial charge in [-0.25, -0.2) is 8.42 Å². The molecular formula is C34H33N7O2S. The minimum atomic E-state index is -3.27. The minimum Gasteiger partial charge on any atom is -0.378 e. The Morgan fingerprint density at radius 2 is 0.955 bits per heavy atom. The van der Waals surface area contributed by atoms with E-state index in [9.17, 15) is 8.42 Å². The highest BCUT2D eigenvalue weighted by Gasteiger charge is 2.13. The van der Waals surface area contributed by atoms with Gasteiger partial charge in [0.25, 0.3) is 0 Å². The fourth-order valence-corrected chi connectivity index (χ4v) is 5.81. The molecule has 0 amide bonds. The summed E-state index contributed by atoms with van der Waals surface area (Å²) in [6, 6.07) is 33.3. The zero-order chi connectivity index (χ0) is 30.9. The van der Waals surface area contributed by atoms with E-state index in [0.717, 1.165) is 39.9 Å². The first-order valence-electron chi connectivity index (χ1n) is 14.3. The van der Waals surface area contributed by atoms with Crippen molar-refractivity contribution in [3.05, 3.63) is 109 Å². The lowest BCUT2D eigenvalue weighted by atomic mass is 10.1. The molecule has 9 nitrogen and oxygen atoms in total. The van der Waals surface area contributed by atoms with Crippen LogP contribution in [-0.2, 0) is 9.84 Å². The average Bonchev–Trinajstić information content (AvgIpc) is 3.05. The molecule has 44 heavy (non-hydrogen) atoms. The van der Waals surface area contributed by atoms with Gasteiger partial charge in [-0.3, -0.25) is 0 Å². The van der Waals surface area contributed by atoms with Gasteiger partial charge < -0.3 is 4.90 Å². The molecule has 0 aliphatic rings. The molecular weight excluding hydrogens is 570 g/mol. The van der Waals surface area contributed by atoms with Gasteiger partial charge in [0.1, 0.15) is 0 Å². The molecule has 0 aliphatic carbocycles. The summed E-state index contributed by atoms with van der Waals surface area (Å²) in [5, 5.41) is 28.2. The zero-order valence-corrected chi connectivity index (χ0v) is 25.7. The van der Waals surface area contributed by atoms with Gasteiger partial charge in [-0.2, -0.15) is 20.5 Å².